The zero-order valence-electron chi connectivity index (χ0n) is 10.6. The van der Waals surface area contributed by atoms with Crippen LogP contribution in [0.1, 0.15) is 0 Å². The topological polar surface area (TPSA) is 58.4 Å². The Labute approximate surface area is 105 Å². The van der Waals surface area contributed by atoms with Crippen molar-refractivity contribution in [2.45, 2.75) is 0 Å². The van der Waals surface area contributed by atoms with E-state index in [0.29, 0.717) is 26.4 Å². The summed E-state index contributed by atoms with van der Waals surface area (Å²) in [6, 6.07) is 5.76. The molecule has 1 aromatic heterocycles. The number of fused-ring (bicyclic) bond motifs is 1. The quantitative estimate of drug-likeness (QED) is 0.687. The van der Waals surface area contributed by atoms with E-state index in [1.54, 1.807) is 11.8 Å². The van der Waals surface area contributed by atoms with Gasteiger partial charge in [0, 0.05) is 14.2 Å². The lowest BCUT2D eigenvalue weighted by molar-refractivity contribution is 0.0546. The molecule has 1 aromatic carbocycles. The molecule has 18 heavy (non-hydrogen) atoms. The van der Waals surface area contributed by atoms with E-state index in [9.17, 15) is 0 Å². The zero-order chi connectivity index (χ0) is 12.8. The van der Waals surface area contributed by atoms with Crippen molar-refractivity contribution in [3.8, 4) is 5.75 Å². The molecule has 2 rings (SSSR count). The average molecular weight is 251 g/mol. The summed E-state index contributed by atoms with van der Waals surface area (Å²) in [5.74, 6) is 0.732. The van der Waals surface area contributed by atoms with Gasteiger partial charge in [0.15, 0.2) is 5.52 Å². The summed E-state index contributed by atoms with van der Waals surface area (Å²) < 4.78 is 17.6. The van der Waals surface area contributed by atoms with Gasteiger partial charge in [0.05, 0.1) is 25.3 Å². The highest BCUT2D eigenvalue weighted by Gasteiger charge is 2.07. The third-order valence-corrected chi connectivity index (χ3v) is 2.52. The standard InChI is InChI=1S/C12H17N3O3/c1-15-10-4-3-5-11(12(10)13-14-15)18-9-8-17-7-6-16-2/h3-5H,6-9H2,1-2H3. The molecular formula is C12H17N3O3. The maximum absolute atomic E-state index is 5.63. The summed E-state index contributed by atoms with van der Waals surface area (Å²) in [4.78, 5) is 0. The number of hydrogen-bond donors (Lipinski definition) is 0. The van der Waals surface area contributed by atoms with Crippen molar-refractivity contribution in [1.82, 2.24) is 15.0 Å². The van der Waals surface area contributed by atoms with Gasteiger partial charge < -0.3 is 14.2 Å². The molecule has 0 unspecified atom stereocenters. The largest absolute Gasteiger partial charge is 0.489 e. The Kier molecular flexibility index (Phi) is 4.49. The van der Waals surface area contributed by atoms with E-state index in [2.05, 4.69) is 10.3 Å². The lowest BCUT2D eigenvalue weighted by Gasteiger charge is -2.07. The lowest BCUT2D eigenvalue weighted by atomic mass is 10.3. The number of nitrogens with zero attached hydrogens (tertiary/aromatic N) is 3. The number of ether oxygens (including phenoxy) is 3. The van der Waals surface area contributed by atoms with Crippen LogP contribution in [-0.4, -0.2) is 48.5 Å². The van der Waals surface area contributed by atoms with Crippen LogP contribution in [-0.2, 0) is 16.5 Å². The molecule has 0 N–H and O–H groups in total. The van der Waals surface area contributed by atoms with Crippen LogP contribution < -0.4 is 4.74 Å². The van der Waals surface area contributed by atoms with Crippen molar-refractivity contribution in [3.63, 3.8) is 0 Å². The summed E-state index contributed by atoms with van der Waals surface area (Å²) in [6.07, 6.45) is 0. The summed E-state index contributed by atoms with van der Waals surface area (Å²) in [5.41, 5.74) is 1.73. The molecule has 6 nitrogen and oxygen atoms in total. The van der Waals surface area contributed by atoms with Crippen LogP contribution in [0.4, 0.5) is 0 Å². The van der Waals surface area contributed by atoms with Crippen molar-refractivity contribution < 1.29 is 14.2 Å². The molecular weight excluding hydrogens is 234 g/mol. The summed E-state index contributed by atoms with van der Waals surface area (Å²) in [6.45, 7) is 2.19. The zero-order valence-corrected chi connectivity index (χ0v) is 10.6. The first kappa shape index (κ1) is 12.8. The predicted molar refractivity (Wildman–Crippen MR) is 66.7 cm³/mol. The van der Waals surface area contributed by atoms with Crippen molar-refractivity contribution in [3.05, 3.63) is 18.2 Å². The fourth-order valence-corrected chi connectivity index (χ4v) is 1.60. The Morgan fingerprint density at radius 3 is 2.83 bits per heavy atom. The Morgan fingerprint density at radius 1 is 1.17 bits per heavy atom. The van der Waals surface area contributed by atoms with Crippen molar-refractivity contribution in [2.75, 3.05) is 33.5 Å². The van der Waals surface area contributed by atoms with Crippen LogP contribution in [0.3, 0.4) is 0 Å². The molecule has 1 heterocycles. The van der Waals surface area contributed by atoms with Gasteiger partial charge in [-0.3, -0.25) is 0 Å². The minimum atomic E-state index is 0.486. The molecule has 0 saturated heterocycles. The molecule has 0 fully saturated rings. The second-order valence-electron chi connectivity index (χ2n) is 3.79. The molecule has 0 aliphatic rings. The minimum absolute atomic E-state index is 0.486. The summed E-state index contributed by atoms with van der Waals surface area (Å²) >= 11 is 0. The maximum atomic E-state index is 5.63. The number of hydrogen-bond acceptors (Lipinski definition) is 5. The molecule has 0 amide bonds. The van der Waals surface area contributed by atoms with Crippen LogP contribution in [0, 0.1) is 0 Å². The second-order valence-corrected chi connectivity index (χ2v) is 3.79. The van der Waals surface area contributed by atoms with Crippen LogP contribution in [0.2, 0.25) is 0 Å². The van der Waals surface area contributed by atoms with Gasteiger partial charge in [0.2, 0.25) is 0 Å². The van der Waals surface area contributed by atoms with Crippen LogP contribution in [0.5, 0.6) is 5.75 Å². The highest BCUT2D eigenvalue weighted by Crippen LogP contribution is 2.22. The number of aromatic nitrogens is 3. The summed E-state index contributed by atoms with van der Waals surface area (Å²) in [5, 5.41) is 8.04. The van der Waals surface area contributed by atoms with Gasteiger partial charge in [-0.15, -0.1) is 5.10 Å². The minimum Gasteiger partial charge on any atom is -0.489 e. The van der Waals surface area contributed by atoms with Crippen molar-refractivity contribution in [1.29, 1.82) is 0 Å². The normalized spacial score (nSPS) is 11.0. The molecule has 0 saturated carbocycles. The Balaban J connectivity index is 1.88. The Hall–Kier alpha value is -1.66. The number of aryl methyl sites for hydroxylation is 1. The van der Waals surface area contributed by atoms with Gasteiger partial charge in [-0.1, -0.05) is 11.3 Å². The van der Waals surface area contributed by atoms with Gasteiger partial charge in [-0.05, 0) is 12.1 Å². The van der Waals surface area contributed by atoms with Crippen molar-refractivity contribution in [2.24, 2.45) is 7.05 Å². The Morgan fingerprint density at radius 2 is 2.00 bits per heavy atom. The SMILES string of the molecule is COCCOCCOc1cccc2c1nnn2C. The first-order valence-corrected chi connectivity index (χ1v) is 5.81. The van der Waals surface area contributed by atoms with Crippen LogP contribution >= 0.6 is 0 Å². The molecule has 0 spiro atoms. The van der Waals surface area contributed by atoms with E-state index in [-0.39, 0.29) is 0 Å². The third kappa shape index (κ3) is 2.96. The maximum Gasteiger partial charge on any atom is 0.155 e. The molecule has 0 aliphatic heterocycles. The second kappa shape index (κ2) is 6.32. The highest BCUT2D eigenvalue weighted by atomic mass is 16.5. The van der Waals surface area contributed by atoms with E-state index < -0.39 is 0 Å². The average Bonchev–Trinajstić information content (AvgIpc) is 2.77. The van der Waals surface area contributed by atoms with Gasteiger partial charge >= 0.3 is 0 Å². The predicted octanol–water partition coefficient (Wildman–Crippen LogP) is 1.01. The van der Waals surface area contributed by atoms with E-state index in [0.717, 1.165) is 16.8 Å². The van der Waals surface area contributed by atoms with Crippen LogP contribution in [0.25, 0.3) is 11.0 Å². The molecule has 0 aliphatic carbocycles. The molecule has 0 atom stereocenters. The lowest BCUT2D eigenvalue weighted by Crippen LogP contribution is -2.10. The molecule has 2 aromatic rings. The van der Waals surface area contributed by atoms with E-state index in [1.807, 2.05) is 25.2 Å². The van der Waals surface area contributed by atoms with Gasteiger partial charge in [-0.25, -0.2) is 4.68 Å². The monoisotopic (exact) mass is 251 g/mol. The van der Waals surface area contributed by atoms with Crippen molar-refractivity contribution >= 4 is 11.0 Å². The van der Waals surface area contributed by atoms with Gasteiger partial charge in [0.25, 0.3) is 0 Å². The molecule has 0 bridgehead atoms. The van der Waals surface area contributed by atoms with Crippen LogP contribution in [0.15, 0.2) is 18.2 Å². The van der Waals surface area contributed by atoms with E-state index in [1.165, 1.54) is 0 Å². The summed E-state index contributed by atoms with van der Waals surface area (Å²) in [7, 11) is 3.50. The number of rotatable bonds is 7. The molecule has 98 valence electrons. The first-order chi connectivity index (χ1) is 8.83. The Bertz CT molecular complexity index is 498. The fraction of sp³-hybridized carbons (Fsp3) is 0.500. The smallest absolute Gasteiger partial charge is 0.155 e. The first-order valence-electron chi connectivity index (χ1n) is 5.81. The van der Waals surface area contributed by atoms with E-state index in [4.69, 9.17) is 14.2 Å². The van der Waals surface area contributed by atoms with E-state index >= 15 is 0 Å². The highest BCUT2D eigenvalue weighted by molar-refractivity contribution is 5.80. The number of benzene rings is 1. The molecule has 6 heteroatoms. The third-order valence-electron chi connectivity index (χ3n) is 2.52. The molecule has 0 radical (unpaired) electrons. The fourth-order valence-electron chi connectivity index (χ4n) is 1.60. The van der Waals surface area contributed by atoms with Gasteiger partial charge in [0.1, 0.15) is 12.4 Å². The number of methoxy groups -OCH3 is 1. The van der Waals surface area contributed by atoms with Gasteiger partial charge in [-0.2, -0.15) is 0 Å².